The Bertz CT molecular complexity index is 598. The number of hydrogen-bond donors (Lipinski definition) is 0. The van der Waals surface area contributed by atoms with Gasteiger partial charge in [0.25, 0.3) is 0 Å². The van der Waals surface area contributed by atoms with Crippen LogP contribution >= 0.6 is 17.0 Å². The summed E-state index contributed by atoms with van der Waals surface area (Å²) in [6.07, 6.45) is 22.1. The quantitative estimate of drug-likeness (QED) is 0.216. The van der Waals surface area contributed by atoms with E-state index in [1.54, 1.807) is 77.0 Å². The van der Waals surface area contributed by atoms with Crippen LogP contribution < -0.4 is 0 Å². The molecule has 5 rings (SSSR count). The molecule has 0 radical (unpaired) electrons. The van der Waals surface area contributed by atoms with Crippen molar-refractivity contribution in [3.8, 4) is 0 Å². The molecule has 0 heterocycles. The summed E-state index contributed by atoms with van der Waals surface area (Å²) in [5.41, 5.74) is 2.35. The molecule has 10 unspecified atom stereocenters. The van der Waals surface area contributed by atoms with E-state index in [1.807, 2.05) is 0 Å². The molecule has 0 aliphatic heterocycles. The van der Waals surface area contributed by atoms with Crippen molar-refractivity contribution in [2.45, 2.75) is 128 Å². The monoisotopic (exact) mass is 604 g/mol. The standard InChI is InChI=1S/C28H50Si.2CH3.2ClH.Zr/c1-5-9-19(2)24-18-28(26-17-22-12-8-11-21(22)16-25(24)26)29(3,4)27-15-14-20-10-6-7-13-23(20)27;;;;;/h19-28H,5-18H2,1-4H3;2*1H3;2*1H;/q;2*-1;;;+4/p-2. The third-order valence-electron chi connectivity index (χ3n) is 11.8. The molecule has 0 aromatic heterocycles. The fourth-order valence-corrected chi connectivity index (χ4v) is 15.9. The number of halogens is 2. The van der Waals surface area contributed by atoms with E-state index >= 15 is 0 Å². The molecule has 0 aromatic carbocycles. The molecule has 4 heteroatoms. The van der Waals surface area contributed by atoms with E-state index in [1.165, 1.54) is 23.9 Å². The minimum atomic E-state index is -1.21. The Hall–Kier alpha value is 1.68. The van der Waals surface area contributed by atoms with Crippen LogP contribution in [0.5, 0.6) is 0 Å². The van der Waals surface area contributed by atoms with Crippen molar-refractivity contribution in [2.24, 2.45) is 47.3 Å². The van der Waals surface area contributed by atoms with Crippen LogP contribution in [0.1, 0.15) is 104 Å². The first-order valence-electron chi connectivity index (χ1n) is 14.4. The summed E-state index contributed by atoms with van der Waals surface area (Å²) in [7, 11) is 8.66. The van der Waals surface area contributed by atoms with Crippen LogP contribution in [0.25, 0.3) is 0 Å². The molecular weight excluding hydrogens is 551 g/mol. The van der Waals surface area contributed by atoms with Gasteiger partial charge in [0.1, 0.15) is 0 Å². The van der Waals surface area contributed by atoms with Crippen molar-refractivity contribution in [3.63, 3.8) is 0 Å². The Balaban J connectivity index is 0.000000778. The summed E-state index contributed by atoms with van der Waals surface area (Å²) in [6, 6.07) is 0. The van der Waals surface area contributed by atoms with E-state index in [-0.39, 0.29) is 14.9 Å². The summed E-state index contributed by atoms with van der Waals surface area (Å²) in [6.45, 7) is 10.9. The molecule has 0 N–H and O–H groups in total. The van der Waals surface area contributed by atoms with Crippen molar-refractivity contribution >= 4 is 25.1 Å². The summed E-state index contributed by atoms with van der Waals surface area (Å²) in [5, 5.41) is 0. The molecule has 0 amide bonds. The maximum absolute atomic E-state index is 4.93. The van der Waals surface area contributed by atoms with E-state index in [0.717, 1.165) is 47.3 Å². The molecular formula is C30H56Cl2SiZr. The zero-order valence-electron chi connectivity index (χ0n) is 23.4. The molecule has 5 saturated carbocycles. The average Bonchev–Trinajstić information content (AvgIpc) is 3.49. The van der Waals surface area contributed by atoms with E-state index in [9.17, 15) is 0 Å². The minimum absolute atomic E-state index is 0. The normalized spacial score (nSPS) is 41.4. The van der Waals surface area contributed by atoms with Gasteiger partial charge in [-0.1, -0.05) is 97.6 Å². The van der Waals surface area contributed by atoms with Gasteiger partial charge in [-0.15, -0.1) is 0 Å². The topological polar surface area (TPSA) is 0 Å². The van der Waals surface area contributed by atoms with Gasteiger partial charge in [0, 0.05) is 0 Å². The maximum atomic E-state index is 4.93. The molecule has 0 saturated heterocycles. The Labute approximate surface area is 234 Å². The molecule has 5 aliphatic carbocycles. The number of hydrogen-bond acceptors (Lipinski definition) is 0. The zero-order chi connectivity index (χ0) is 22.9. The third kappa shape index (κ3) is 6.45. The van der Waals surface area contributed by atoms with Crippen LogP contribution in [-0.2, 0) is 20.8 Å². The Morgan fingerprint density at radius 2 is 1.32 bits per heavy atom. The second kappa shape index (κ2) is 14.2. The van der Waals surface area contributed by atoms with Crippen molar-refractivity contribution < 1.29 is 20.8 Å². The molecule has 5 aliphatic rings. The first-order chi connectivity index (χ1) is 15.4. The van der Waals surface area contributed by atoms with Crippen molar-refractivity contribution in [1.29, 1.82) is 0 Å². The zero-order valence-corrected chi connectivity index (χ0v) is 28.4. The van der Waals surface area contributed by atoms with Gasteiger partial charge in [-0.2, -0.15) is 0 Å². The molecule has 0 spiro atoms. The van der Waals surface area contributed by atoms with Gasteiger partial charge >= 0.3 is 37.9 Å². The van der Waals surface area contributed by atoms with Crippen LogP contribution in [-0.4, -0.2) is 8.07 Å². The van der Waals surface area contributed by atoms with Crippen molar-refractivity contribution in [2.75, 3.05) is 0 Å². The van der Waals surface area contributed by atoms with Gasteiger partial charge in [0.15, 0.2) is 0 Å². The molecule has 10 atom stereocenters. The van der Waals surface area contributed by atoms with Gasteiger partial charge in [0.2, 0.25) is 0 Å². The average molecular weight is 607 g/mol. The van der Waals surface area contributed by atoms with Crippen LogP contribution in [0.15, 0.2) is 0 Å². The van der Waals surface area contributed by atoms with E-state index in [0.29, 0.717) is 0 Å². The molecule has 34 heavy (non-hydrogen) atoms. The van der Waals surface area contributed by atoms with Crippen molar-refractivity contribution in [3.05, 3.63) is 14.9 Å². The summed E-state index contributed by atoms with van der Waals surface area (Å²) >= 11 is -0.826. The van der Waals surface area contributed by atoms with Gasteiger partial charge < -0.3 is 14.9 Å². The Morgan fingerprint density at radius 1 is 0.735 bits per heavy atom. The van der Waals surface area contributed by atoms with Gasteiger partial charge in [-0.25, -0.2) is 0 Å². The molecule has 5 fully saturated rings. The summed E-state index contributed by atoms with van der Waals surface area (Å²) in [4.78, 5) is 0. The second-order valence-corrected chi connectivity index (χ2v) is 22.2. The first kappa shape index (κ1) is 31.9. The summed E-state index contributed by atoms with van der Waals surface area (Å²) < 4.78 is 0. The molecule has 198 valence electrons. The van der Waals surface area contributed by atoms with Crippen LogP contribution in [0.3, 0.4) is 0 Å². The van der Waals surface area contributed by atoms with E-state index < -0.39 is 28.9 Å². The number of fused-ring (bicyclic) bond motifs is 3. The van der Waals surface area contributed by atoms with Crippen LogP contribution in [0, 0.1) is 62.2 Å². The fourth-order valence-electron chi connectivity index (χ4n) is 10.5. The molecule has 0 aromatic rings. The van der Waals surface area contributed by atoms with Crippen LogP contribution in [0.2, 0.25) is 24.2 Å². The summed E-state index contributed by atoms with van der Waals surface area (Å²) in [5.74, 6) is 8.89. The van der Waals surface area contributed by atoms with Gasteiger partial charge in [-0.05, 0) is 77.7 Å². The first-order valence-corrected chi connectivity index (χ1v) is 23.9. The van der Waals surface area contributed by atoms with E-state index in [4.69, 9.17) is 17.0 Å². The fraction of sp³-hybridized carbons (Fsp3) is 0.933. The predicted octanol–water partition coefficient (Wildman–Crippen LogP) is 11.2. The van der Waals surface area contributed by atoms with Crippen LogP contribution in [0.4, 0.5) is 0 Å². The third-order valence-corrected chi connectivity index (χ3v) is 17.0. The molecule has 0 nitrogen and oxygen atoms in total. The van der Waals surface area contributed by atoms with Crippen molar-refractivity contribution in [1.82, 2.24) is 0 Å². The van der Waals surface area contributed by atoms with Gasteiger partial charge in [-0.3, -0.25) is 0 Å². The molecule has 0 bridgehead atoms. The van der Waals surface area contributed by atoms with Gasteiger partial charge in [0.05, 0.1) is 8.07 Å². The Kier molecular flexibility index (Phi) is 13.3. The number of rotatable bonds is 5. The second-order valence-electron chi connectivity index (χ2n) is 13.3. The SMILES string of the molecule is CCCC(C)C1CC([Si](C)(C)C2CCC3CCCCC32)C2CC3CCCC3CC12.[CH3-].[CH3-].[Cl][Zr+2][Cl]. The predicted molar refractivity (Wildman–Crippen MR) is 153 cm³/mol. The Morgan fingerprint density at radius 3 is 1.97 bits per heavy atom. The van der Waals surface area contributed by atoms with E-state index in [2.05, 4.69) is 26.9 Å².